The third-order valence-corrected chi connectivity index (χ3v) is 3.87. The Kier molecular flexibility index (Phi) is 3.18. The third kappa shape index (κ3) is 2.33. The number of aromatic nitrogens is 1. The second-order valence-corrected chi connectivity index (χ2v) is 5.53. The molecular formula is C9H8ClNOS2. The van der Waals surface area contributed by atoms with E-state index in [0.717, 1.165) is 4.88 Å². The van der Waals surface area contributed by atoms with Gasteiger partial charge in [-0.25, -0.2) is 4.98 Å². The summed E-state index contributed by atoms with van der Waals surface area (Å²) in [6.07, 6.45) is 1.65. The van der Waals surface area contributed by atoms with Crippen LogP contribution in [0, 0.1) is 0 Å². The lowest BCUT2D eigenvalue weighted by Gasteiger charge is -2.04. The zero-order chi connectivity index (χ0) is 9.97. The summed E-state index contributed by atoms with van der Waals surface area (Å²) in [5, 5.41) is 12.5. The number of aliphatic hydroxyl groups excluding tert-OH is 1. The molecule has 0 saturated heterocycles. The van der Waals surface area contributed by atoms with E-state index in [0.29, 0.717) is 15.8 Å². The Balaban J connectivity index is 2.06. The summed E-state index contributed by atoms with van der Waals surface area (Å²) in [6.45, 7) is 0. The van der Waals surface area contributed by atoms with Crippen LogP contribution in [0.25, 0.3) is 0 Å². The smallest absolute Gasteiger partial charge is 0.123 e. The zero-order valence-corrected chi connectivity index (χ0v) is 9.57. The highest BCUT2D eigenvalue weighted by molar-refractivity contribution is 7.15. The molecular weight excluding hydrogens is 238 g/mol. The van der Waals surface area contributed by atoms with Crippen LogP contribution in [0.15, 0.2) is 23.7 Å². The largest absolute Gasteiger partial charge is 0.386 e. The fourth-order valence-electron chi connectivity index (χ4n) is 1.13. The molecule has 0 aliphatic rings. The summed E-state index contributed by atoms with van der Waals surface area (Å²) < 4.78 is 0.616. The number of hydrogen-bond donors (Lipinski definition) is 1. The Labute approximate surface area is 94.8 Å². The summed E-state index contributed by atoms with van der Waals surface area (Å²) in [6, 6.07) is 3.98. The lowest BCUT2D eigenvalue weighted by Crippen LogP contribution is -1.99. The van der Waals surface area contributed by atoms with E-state index >= 15 is 0 Å². The van der Waals surface area contributed by atoms with E-state index < -0.39 is 6.10 Å². The summed E-state index contributed by atoms with van der Waals surface area (Å²) in [5.74, 6) is 0. The van der Waals surface area contributed by atoms with E-state index in [1.807, 2.05) is 17.5 Å². The normalized spacial score (nSPS) is 13.0. The lowest BCUT2D eigenvalue weighted by atomic mass is 10.2. The molecule has 0 aliphatic heterocycles. The van der Waals surface area contributed by atoms with E-state index in [1.165, 1.54) is 11.3 Å². The molecule has 2 rings (SSSR count). The first-order valence-electron chi connectivity index (χ1n) is 4.07. The minimum Gasteiger partial charge on any atom is -0.386 e. The van der Waals surface area contributed by atoms with Crippen molar-refractivity contribution in [3.8, 4) is 0 Å². The maximum Gasteiger partial charge on any atom is 0.123 e. The number of hydrogen-bond acceptors (Lipinski definition) is 4. The Morgan fingerprint density at radius 1 is 1.57 bits per heavy atom. The molecule has 1 atom stereocenters. The molecule has 2 nitrogen and oxygen atoms in total. The minimum absolute atomic E-state index is 0.536. The van der Waals surface area contributed by atoms with Gasteiger partial charge in [-0.2, -0.15) is 0 Å². The van der Waals surface area contributed by atoms with Crippen LogP contribution in [0.4, 0.5) is 0 Å². The molecule has 2 heterocycles. The first-order chi connectivity index (χ1) is 6.75. The fourth-order valence-corrected chi connectivity index (χ4v) is 2.79. The van der Waals surface area contributed by atoms with Gasteiger partial charge >= 0.3 is 0 Å². The highest BCUT2D eigenvalue weighted by Gasteiger charge is 2.12. The zero-order valence-electron chi connectivity index (χ0n) is 7.18. The van der Waals surface area contributed by atoms with Crippen LogP contribution in [-0.4, -0.2) is 10.1 Å². The molecule has 0 amide bonds. The SMILES string of the molecule is OC(Cc1cccs1)c1ncc(Cl)s1. The molecule has 0 saturated carbocycles. The van der Waals surface area contributed by atoms with Gasteiger partial charge in [0.25, 0.3) is 0 Å². The molecule has 0 spiro atoms. The van der Waals surface area contributed by atoms with Gasteiger partial charge in [-0.3, -0.25) is 0 Å². The number of nitrogens with zero attached hydrogens (tertiary/aromatic N) is 1. The second kappa shape index (κ2) is 4.40. The van der Waals surface area contributed by atoms with Crippen molar-refractivity contribution < 1.29 is 5.11 Å². The Morgan fingerprint density at radius 2 is 2.43 bits per heavy atom. The molecule has 14 heavy (non-hydrogen) atoms. The van der Waals surface area contributed by atoms with Crippen molar-refractivity contribution >= 4 is 34.3 Å². The molecule has 1 unspecified atom stereocenters. The van der Waals surface area contributed by atoms with Gasteiger partial charge in [0.15, 0.2) is 0 Å². The van der Waals surface area contributed by atoms with E-state index in [4.69, 9.17) is 11.6 Å². The summed E-state index contributed by atoms with van der Waals surface area (Å²) >= 11 is 8.70. The van der Waals surface area contributed by atoms with Crippen LogP contribution in [0.1, 0.15) is 16.0 Å². The maximum atomic E-state index is 9.80. The minimum atomic E-state index is -0.536. The molecule has 74 valence electrons. The molecule has 0 bridgehead atoms. The third-order valence-electron chi connectivity index (χ3n) is 1.76. The fraction of sp³-hybridized carbons (Fsp3) is 0.222. The van der Waals surface area contributed by atoms with E-state index in [9.17, 15) is 5.11 Å². The average Bonchev–Trinajstić information content (AvgIpc) is 2.75. The molecule has 0 aliphatic carbocycles. The number of thiazole rings is 1. The number of rotatable bonds is 3. The van der Waals surface area contributed by atoms with Gasteiger partial charge in [0, 0.05) is 11.3 Å². The Hall–Kier alpha value is -0.420. The summed E-state index contributed by atoms with van der Waals surface area (Å²) in [5.41, 5.74) is 0. The quantitative estimate of drug-likeness (QED) is 0.901. The summed E-state index contributed by atoms with van der Waals surface area (Å²) in [7, 11) is 0. The van der Waals surface area contributed by atoms with Crippen LogP contribution in [-0.2, 0) is 6.42 Å². The maximum absolute atomic E-state index is 9.80. The predicted octanol–water partition coefficient (Wildman–Crippen LogP) is 3.13. The van der Waals surface area contributed by atoms with Gasteiger partial charge in [-0.15, -0.1) is 22.7 Å². The van der Waals surface area contributed by atoms with Gasteiger partial charge < -0.3 is 5.11 Å². The van der Waals surface area contributed by atoms with Crippen molar-refractivity contribution in [1.82, 2.24) is 4.98 Å². The first-order valence-corrected chi connectivity index (χ1v) is 6.15. The van der Waals surface area contributed by atoms with Gasteiger partial charge in [-0.05, 0) is 11.4 Å². The monoisotopic (exact) mass is 245 g/mol. The Morgan fingerprint density at radius 3 is 3.00 bits per heavy atom. The van der Waals surface area contributed by atoms with Crippen LogP contribution < -0.4 is 0 Å². The molecule has 5 heteroatoms. The van der Waals surface area contributed by atoms with E-state index in [2.05, 4.69) is 4.98 Å². The van der Waals surface area contributed by atoms with Crippen molar-refractivity contribution in [2.24, 2.45) is 0 Å². The van der Waals surface area contributed by atoms with Crippen LogP contribution in [0.5, 0.6) is 0 Å². The van der Waals surface area contributed by atoms with Gasteiger partial charge in [0.2, 0.25) is 0 Å². The van der Waals surface area contributed by atoms with Crippen LogP contribution in [0.2, 0.25) is 4.34 Å². The van der Waals surface area contributed by atoms with Gasteiger partial charge in [-0.1, -0.05) is 17.7 Å². The molecule has 0 fully saturated rings. The standard InChI is InChI=1S/C9H8ClNOS2/c10-8-5-11-9(14-8)7(12)4-6-2-1-3-13-6/h1-3,5,7,12H,4H2. The number of aliphatic hydroxyl groups is 1. The lowest BCUT2D eigenvalue weighted by molar-refractivity contribution is 0.179. The van der Waals surface area contributed by atoms with Crippen molar-refractivity contribution in [2.45, 2.75) is 12.5 Å². The second-order valence-electron chi connectivity index (χ2n) is 2.80. The van der Waals surface area contributed by atoms with E-state index in [1.54, 1.807) is 17.5 Å². The highest BCUT2D eigenvalue weighted by atomic mass is 35.5. The molecule has 2 aromatic rings. The first kappa shape index (κ1) is 10.1. The predicted molar refractivity (Wildman–Crippen MR) is 60.1 cm³/mol. The van der Waals surface area contributed by atoms with E-state index in [-0.39, 0.29) is 0 Å². The van der Waals surface area contributed by atoms with Crippen molar-refractivity contribution in [3.63, 3.8) is 0 Å². The number of thiophene rings is 1. The van der Waals surface area contributed by atoms with Crippen molar-refractivity contribution in [2.75, 3.05) is 0 Å². The molecule has 1 N–H and O–H groups in total. The van der Waals surface area contributed by atoms with Gasteiger partial charge in [0.05, 0.1) is 6.20 Å². The average molecular weight is 246 g/mol. The highest BCUT2D eigenvalue weighted by Crippen LogP contribution is 2.27. The number of halogens is 1. The molecule has 2 aromatic heterocycles. The van der Waals surface area contributed by atoms with Crippen molar-refractivity contribution in [1.29, 1.82) is 0 Å². The van der Waals surface area contributed by atoms with Crippen molar-refractivity contribution in [3.05, 3.63) is 37.9 Å². The summed E-state index contributed by atoms with van der Waals surface area (Å²) in [4.78, 5) is 5.19. The molecule has 0 aromatic carbocycles. The van der Waals surface area contributed by atoms with Gasteiger partial charge in [0.1, 0.15) is 15.4 Å². The Bertz CT molecular complexity index is 399. The van der Waals surface area contributed by atoms with Crippen LogP contribution in [0.3, 0.4) is 0 Å². The molecule has 0 radical (unpaired) electrons. The topological polar surface area (TPSA) is 33.1 Å². The van der Waals surface area contributed by atoms with Crippen LogP contribution >= 0.6 is 34.3 Å².